The number of esters is 1. The minimum atomic E-state index is -0.621. The van der Waals surface area contributed by atoms with Gasteiger partial charge in [-0.3, -0.25) is 4.79 Å². The third-order valence-corrected chi connectivity index (χ3v) is 4.48. The van der Waals surface area contributed by atoms with E-state index >= 15 is 0 Å². The molecule has 8 heteroatoms. The van der Waals surface area contributed by atoms with Crippen LogP contribution in [0.15, 0.2) is 46.5 Å². The van der Waals surface area contributed by atoms with Crippen molar-refractivity contribution in [2.24, 2.45) is 0 Å². The molecule has 3 aromatic heterocycles. The number of ketones is 1. The number of hydrogen-bond donors (Lipinski definition) is 1. The predicted octanol–water partition coefficient (Wildman–Crippen LogP) is 3.30. The van der Waals surface area contributed by atoms with Crippen LogP contribution in [-0.2, 0) is 4.74 Å². The van der Waals surface area contributed by atoms with Crippen LogP contribution in [0.3, 0.4) is 0 Å². The summed E-state index contributed by atoms with van der Waals surface area (Å²) in [5, 5.41) is 2.82. The maximum absolute atomic E-state index is 12.7. The molecule has 7 nitrogen and oxygen atoms in total. The van der Waals surface area contributed by atoms with Crippen LogP contribution in [-0.4, -0.2) is 33.8 Å². The first-order valence-electron chi connectivity index (χ1n) is 7.28. The molecule has 124 valence electrons. The molecule has 0 fully saturated rings. The number of nitrogens with zero attached hydrogens (tertiary/aromatic N) is 2. The molecule has 3 heterocycles. The molecule has 0 atom stereocenters. The van der Waals surface area contributed by atoms with Gasteiger partial charge in [-0.15, -0.1) is 11.3 Å². The molecule has 25 heavy (non-hydrogen) atoms. The SMILES string of the molecule is COC(=O)c1cnc(-c2csc(C(=O)c3c[nH]c4ccccc34)n2)o1. The van der Waals surface area contributed by atoms with E-state index in [0.717, 1.165) is 10.9 Å². The average Bonchev–Trinajstić information content (AvgIpc) is 3.38. The minimum absolute atomic E-state index is 0.0185. The Morgan fingerprint density at radius 1 is 1.28 bits per heavy atom. The highest BCUT2D eigenvalue weighted by Gasteiger charge is 2.20. The number of carbonyl (C=O) groups excluding carboxylic acids is 2. The predicted molar refractivity (Wildman–Crippen MR) is 90.7 cm³/mol. The zero-order chi connectivity index (χ0) is 17.4. The van der Waals surface area contributed by atoms with Gasteiger partial charge in [-0.05, 0) is 6.07 Å². The fourth-order valence-corrected chi connectivity index (χ4v) is 3.18. The quantitative estimate of drug-likeness (QED) is 0.446. The van der Waals surface area contributed by atoms with Gasteiger partial charge < -0.3 is 14.1 Å². The van der Waals surface area contributed by atoms with Crippen LogP contribution in [0.25, 0.3) is 22.5 Å². The van der Waals surface area contributed by atoms with Crippen molar-refractivity contribution in [2.75, 3.05) is 7.11 Å². The van der Waals surface area contributed by atoms with Gasteiger partial charge in [0.05, 0.1) is 18.9 Å². The van der Waals surface area contributed by atoms with Gasteiger partial charge in [0.2, 0.25) is 17.4 Å². The largest absolute Gasteiger partial charge is 0.463 e. The van der Waals surface area contributed by atoms with Crippen molar-refractivity contribution < 1.29 is 18.7 Å². The van der Waals surface area contributed by atoms with Crippen molar-refractivity contribution in [2.45, 2.75) is 0 Å². The molecule has 0 radical (unpaired) electrons. The second-order valence-corrected chi connectivity index (χ2v) is 5.99. The number of fused-ring (bicyclic) bond motifs is 1. The summed E-state index contributed by atoms with van der Waals surface area (Å²) in [6.45, 7) is 0. The van der Waals surface area contributed by atoms with E-state index in [1.165, 1.54) is 24.6 Å². The van der Waals surface area contributed by atoms with Crippen LogP contribution in [0.5, 0.6) is 0 Å². The van der Waals surface area contributed by atoms with Crippen LogP contribution in [0.1, 0.15) is 25.9 Å². The van der Waals surface area contributed by atoms with Gasteiger partial charge in [0.15, 0.2) is 5.01 Å². The lowest BCUT2D eigenvalue weighted by Crippen LogP contribution is -1.99. The van der Waals surface area contributed by atoms with Gasteiger partial charge in [-0.25, -0.2) is 14.8 Å². The number of nitrogens with one attached hydrogen (secondary N) is 1. The summed E-state index contributed by atoms with van der Waals surface area (Å²) in [7, 11) is 1.26. The molecule has 0 bridgehead atoms. The van der Waals surface area contributed by atoms with E-state index in [0.29, 0.717) is 16.3 Å². The Kier molecular flexibility index (Phi) is 3.66. The van der Waals surface area contributed by atoms with Crippen LogP contribution in [0, 0.1) is 0 Å². The Balaban J connectivity index is 1.66. The van der Waals surface area contributed by atoms with Gasteiger partial charge in [-0.2, -0.15) is 0 Å². The number of aromatic nitrogens is 3. The van der Waals surface area contributed by atoms with Crippen molar-refractivity contribution in [3.05, 3.63) is 58.4 Å². The van der Waals surface area contributed by atoms with Crippen molar-refractivity contribution in [3.8, 4) is 11.6 Å². The number of ether oxygens (including phenoxy) is 1. The lowest BCUT2D eigenvalue weighted by molar-refractivity contribution is 0.0566. The number of methoxy groups -OCH3 is 1. The minimum Gasteiger partial charge on any atom is -0.463 e. The molecule has 1 N–H and O–H groups in total. The van der Waals surface area contributed by atoms with Crippen LogP contribution >= 0.6 is 11.3 Å². The number of thiazole rings is 1. The maximum Gasteiger partial charge on any atom is 0.375 e. The first kappa shape index (κ1) is 15.3. The standard InChI is InChI=1S/C17H11N3O4S/c1-23-17(22)13-7-19-15(24-13)12-8-25-16(20-12)14(21)10-6-18-11-5-3-2-4-9(10)11/h2-8,18H,1H3. The third-order valence-electron chi connectivity index (χ3n) is 3.64. The van der Waals surface area contributed by atoms with Gasteiger partial charge in [-0.1, -0.05) is 18.2 Å². The van der Waals surface area contributed by atoms with E-state index < -0.39 is 5.97 Å². The van der Waals surface area contributed by atoms with E-state index in [9.17, 15) is 9.59 Å². The third kappa shape index (κ3) is 2.62. The fourth-order valence-electron chi connectivity index (χ4n) is 2.44. The van der Waals surface area contributed by atoms with Gasteiger partial charge in [0.25, 0.3) is 0 Å². The van der Waals surface area contributed by atoms with Crippen molar-refractivity contribution in [1.82, 2.24) is 15.0 Å². The molecule has 0 spiro atoms. The van der Waals surface area contributed by atoms with E-state index in [4.69, 9.17) is 4.42 Å². The van der Waals surface area contributed by atoms with Crippen LogP contribution in [0.2, 0.25) is 0 Å². The summed E-state index contributed by atoms with van der Waals surface area (Å²) < 4.78 is 9.89. The zero-order valence-electron chi connectivity index (χ0n) is 13.0. The molecular weight excluding hydrogens is 342 g/mol. The number of benzene rings is 1. The first-order chi connectivity index (χ1) is 12.2. The molecule has 0 aliphatic rings. The number of oxazole rings is 1. The molecule has 4 aromatic rings. The average molecular weight is 353 g/mol. The van der Waals surface area contributed by atoms with Crippen molar-refractivity contribution in [1.29, 1.82) is 0 Å². The molecular formula is C17H11N3O4S. The summed E-state index contributed by atoms with van der Waals surface area (Å²) in [6.07, 6.45) is 2.94. The smallest absolute Gasteiger partial charge is 0.375 e. The second kappa shape index (κ2) is 5.99. The first-order valence-corrected chi connectivity index (χ1v) is 8.16. The van der Waals surface area contributed by atoms with Gasteiger partial charge in [0.1, 0.15) is 5.69 Å². The lowest BCUT2D eigenvalue weighted by Gasteiger charge is -1.95. The van der Waals surface area contributed by atoms with Crippen LogP contribution < -0.4 is 0 Å². The van der Waals surface area contributed by atoms with E-state index in [-0.39, 0.29) is 17.4 Å². The summed E-state index contributed by atoms with van der Waals surface area (Å²) in [5.41, 5.74) is 1.83. The Bertz CT molecular complexity index is 1090. The molecule has 0 saturated heterocycles. The summed E-state index contributed by atoms with van der Waals surface area (Å²) >= 11 is 1.19. The van der Waals surface area contributed by atoms with Crippen LogP contribution in [0.4, 0.5) is 0 Å². The molecule has 0 aliphatic carbocycles. The van der Waals surface area contributed by atoms with E-state index in [1.807, 2.05) is 24.3 Å². The number of hydrogen-bond acceptors (Lipinski definition) is 7. The van der Waals surface area contributed by atoms with E-state index in [2.05, 4.69) is 19.7 Å². The zero-order valence-corrected chi connectivity index (χ0v) is 13.8. The summed E-state index contributed by atoms with van der Waals surface area (Å²) in [5.74, 6) is -0.665. The Morgan fingerprint density at radius 3 is 2.96 bits per heavy atom. The fraction of sp³-hybridized carbons (Fsp3) is 0.0588. The normalized spacial score (nSPS) is 10.9. The highest BCUT2D eigenvalue weighted by molar-refractivity contribution is 7.12. The number of H-pyrrole nitrogens is 1. The molecule has 4 rings (SSSR count). The van der Waals surface area contributed by atoms with Gasteiger partial charge >= 0.3 is 5.97 Å². The highest BCUT2D eigenvalue weighted by Crippen LogP contribution is 2.26. The highest BCUT2D eigenvalue weighted by atomic mass is 32.1. The Labute approximate surface area is 145 Å². The van der Waals surface area contributed by atoms with Crippen molar-refractivity contribution >= 4 is 34.0 Å². The maximum atomic E-state index is 12.7. The number of aromatic amines is 1. The number of rotatable bonds is 4. The topological polar surface area (TPSA) is 98.1 Å². The molecule has 0 aliphatic heterocycles. The number of carbonyl (C=O) groups is 2. The Morgan fingerprint density at radius 2 is 2.12 bits per heavy atom. The molecule has 1 aromatic carbocycles. The summed E-state index contributed by atoms with van der Waals surface area (Å²) in [6, 6.07) is 7.56. The van der Waals surface area contributed by atoms with E-state index in [1.54, 1.807) is 11.6 Å². The second-order valence-electron chi connectivity index (χ2n) is 5.14. The number of para-hydroxylation sites is 1. The lowest BCUT2D eigenvalue weighted by atomic mass is 10.1. The summed E-state index contributed by atoms with van der Waals surface area (Å²) in [4.78, 5) is 35.5. The Hall–Kier alpha value is -3.26. The van der Waals surface area contributed by atoms with Crippen molar-refractivity contribution in [3.63, 3.8) is 0 Å². The van der Waals surface area contributed by atoms with Gasteiger partial charge in [0, 0.05) is 22.5 Å². The molecule has 0 saturated carbocycles. The molecule has 0 amide bonds. The molecule has 0 unspecified atom stereocenters. The monoisotopic (exact) mass is 353 g/mol.